The molecule has 0 heterocycles. The van der Waals surface area contributed by atoms with Gasteiger partial charge in [-0.25, -0.2) is 8.78 Å². The van der Waals surface area contributed by atoms with Gasteiger partial charge in [0.15, 0.2) is 0 Å². The van der Waals surface area contributed by atoms with Crippen LogP contribution in [0.4, 0.5) is 8.78 Å². The summed E-state index contributed by atoms with van der Waals surface area (Å²) in [4.78, 5) is 11.2. The van der Waals surface area contributed by atoms with E-state index >= 15 is 0 Å². The van der Waals surface area contributed by atoms with Crippen molar-refractivity contribution in [2.24, 2.45) is 11.8 Å². The van der Waals surface area contributed by atoms with E-state index in [4.69, 9.17) is 0 Å². The second-order valence-corrected chi connectivity index (χ2v) is 5.29. The van der Waals surface area contributed by atoms with E-state index in [1.165, 1.54) is 13.8 Å². The highest BCUT2D eigenvalue weighted by molar-refractivity contribution is 5.72. The van der Waals surface area contributed by atoms with Gasteiger partial charge in [-0.15, -0.1) is 0 Å². The fourth-order valence-corrected chi connectivity index (χ4v) is 2.38. The molecule has 106 valence electrons. The Morgan fingerprint density at radius 2 is 1.79 bits per heavy atom. The highest BCUT2D eigenvalue weighted by Crippen LogP contribution is 2.36. The first-order chi connectivity index (χ1) is 8.59. The maximum Gasteiger partial charge on any atom is 0.310 e. The van der Waals surface area contributed by atoms with Crippen LogP contribution in [0.15, 0.2) is 12.1 Å². The Hall–Kier alpha value is -1.49. The minimum Gasteiger partial charge on any atom is -0.481 e. The van der Waals surface area contributed by atoms with E-state index < -0.39 is 35.0 Å². The Bertz CT molecular complexity index is 496. The van der Waals surface area contributed by atoms with Gasteiger partial charge in [-0.1, -0.05) is 13.8 Å². The van der Waals surface area contributed by atoms with Crippen molar-refractivity contribution >= 4 is 5.97 Å². The molecule has 0 saturated heterocycles. The summed E-state index contributed by atoms with van der Waals surface area (Å²) in [5.41, 5.74) is -2.22. The highest BCUT2D eigenvalue weighted by Gasteiger charge is 2.43. The van der Waals surface area contributed by atoms with Crippen molar-refractivity contribution in [3.05, 3.63) is 34.9 Å². The molecular formula is C14H18F2O3. The molecule has 0 saturated carbocycles. The van der Waals surface area contributed by atoms with Crippen LogP contribution in [0.5, 0.6) is 0 Å². The Morgan fingerprint density at radius 1 is 1.26 bits per heavy atom. The van der Waals surface area contributed by atoms with E-state index in [0.717, 1.165) is 12.1 Å². The molecule has 2 atom stereocenters. The van der Waals surface area contributed by atoms with Crippen LogP contribution in [0.3, 0.4) is 0 Å². The summed E-state index contributed by atoms with van der Waals surface area (Å²) in [6, 6.07) is 1.82. The van der Waals surface area contributed by atoms with Crippen LogP contribution in [0, 0.1) is 30.4 Å². The molecule has 0 aromatic heterocycles. The Labute approximate surface area is 110 Å². The zero-order valence-corrected chi connectivity index (χ0v) is 11.4. The first-order valence-electron chi connectivity index (χ1n) is 6.00. The molecule has 2 N–H and O–H groups in total. The van der Waals surface area contributed by atoms with Crippen molar-refractivity contribution in [3.8, 4) is 0 Å². The molecule has 19 heavy (non-hydrogen) atoms. The van der Waals surface area contributed by atoms with E-state index in [-0.39, 0.29) is 11.1 Å². The van der Waals surface area contributed by atoms with Gasteiger partial charge < -0.3 is 10.2 Å². The zero-order chi connectivity index (χ0) is 15.0. The molecule has 1 aromatic rings. The Morgan fingerprint density at radius 3 is 2.21 bits per heavy atom. The first-order valence-corrected chi connectivity index (χ1v) is 6.00. The van der Waals surface area contributed by atoms with Gasteiger partial charge in [0.2, 0.25) is 0 Å². The fraction of sp³-hybridized carbons (Fsp3) is 0.500. The molecule has 3 nitrogen and oxygen atoms in total. The van der Waals surface area contributed by atoms with Crippen molar-refractivity contribution in [1.29, 1.82) is 0 Å². The van der Waals surface area contributed by atoms with Crippen molar-refractivity contribution in [2.45, 2.75) is 33.3 Å². The zero-order valence-electron chi connectivity index (χ0n) is 11.4. The largest absolute Gasteiger partial charge is 0.481 e. The van der Waals surface area contributed by atoms with Gasteiger partial charge in [0, 0.05) is 5.56 Å². The summed E-state index contributed by atoms with van der Waals surface area (Å²) in [7, 11) is 0. The molecule has 1 rings (SSSR count). The lowest BCUT2D eigenvalue weighted by Crippen LogP contribution is -2.41. The third-order valence-corrected chi connectivity index (χ3v) is 3.33. The SMILES string of the molecule is Cc1cc(F)c(C(C)(O)C(C(=O)O)C(C)C)cc1F. The fourth-order valence-electron chi connectivity index (χ4n) is 2.38. The van der Waals surface area contributed by atoms with Crippen LogP contribution in [-0.4, -0.2) is 16.2 Å². The molecule has 0 amide bonds. The summed E-state index contributed by atoms with van der Waals surface area (Å²) in [6.07, 6.45) is 0. The summed E-state index contributed by atoms with van der Waals surface area (Å²) in [5, 5.41) is 19.6. The van der Waals surface area contributed by atoms with Crippen molar-refractivity contribution < 1.29 is 23.8 Å². The number of carboxylic acids is 1. The van der Waals surface area contributed by atoms with Gasteiger partial charge in [0.1, 0.15) is 17.2 Å². The molecule has 0 aliphatic rings. The minimum absolute atomic E-state index is 0.105. The van der Waals surface area contributed by atoms with Gasteiger partial charge in [-0.05, 0) is 37.5 Å². The van der Waals surface area contributed by atoms with Crippen molar-refractivity contribution in [2.75, 3.05) is 0 Å². The number of carbonyl (C=O) groups is 1. The quantitative estimate of drug-likeness (QED) is 0.886. The second-order valence-electron chi connectivity index (χ2n) is 5.29. The first kappa shape index (κ1) is 15.6. The van der Waals surface area contributed by atoms with E-state index in [0.29, 0.717) is 0 Å². The maximum atomic E-state index is 13.9. The average Bonchev–Trinajstić information content (AvgIpc) is 2.21. The third-order valence-electron chi connectivity index (χ3n) is 3.33. The predicted octanol–water partition coefficient (Wildman–Crippen LogP) is 2.84. The standard InChI is InChI=1S/C14H18F2O3/c1-7(2)12(13(17)18)14(4,19)9-6-10(15)8(3)5-11(9)16/h5-7,12,19H,1-4H3,(H,17,18). The average molecular weight is 272 g/mol. The Balaban J connectivity index is 3.40. The number of aryl methyl sites for hydroxylation is 1. The number of rotatable bonds is 4. The van der Waals surface area contributed by atoms with Gasteiger partial charge in [-0.3, -0.25) is 4.79 Å². The Kier molecular flexibility index (Phi) is 4.30. The molecule has 2 unspecified atom stereocenters. The van der Waals surface area contributed by atoms with E-state index in [1.807, 2.05) is 0 Å². The van der Waals surface area contributed by atoms with Crippen LogP contribution in [0.1, 0.15) is 31.9 Å². The molecule has 0 radical (unpaired) electrons. The van der Waals surface area contributed by atoms with Crippen LogP contribution in [0.2, 0.25) is 0 Å². The third kappa shape index (κ3) is 2.92. The number of benzene rings is 1. The maximum absolute atomic E-state index is 13.9. The van der Waals surface area contributed by atoms with Crippen LogP contribution >= 0.6 is 0 Å². The highest BCUT2D eigenvalue weighted by atomic mass is 19.1. The smallest absolute Gasteiger partial charge is 0.310 e. The summed E-state index contributed by atoms with van der Waals surface area (Å²) in [6.45, 7) is 5.80. The topological polar surface area (TPSA) is 57.5 Å². The number of carboxylic acid groups (broad SMARTS) is 1. The van der Waals surface area contributed by atoms with Gasteiger partial charge in [0.05, 0.1) is 5.92 Å². The lowest BCUT2D eigenvalue weighted by Gasteiger charge is -2.33. The van der Waals surface area contributed by atoms with Gasteiger partial charge in [0.25, 0.3) is 0 Å². The summed E-state index contributed by atoms with van der Waals surface area (Å²) >= 11 is 0. The van der Waals surface area contributed by atoms with Crippen LogP contribution in [0.25, 0.3) is 0 Å². The van der Waals surface area contributed by atoms with E-state index in [9.17, 15) is 23.8 Å². The van der Waals surface area contributed by atoms with Gasteiger partial charge >= 0.3 is 5.97 Å². The summed E-state index contributed by atoms with van der Waals surface area (Å²) in [5.74, 6) is -4.40. The number of aliphatic carboxylic acids is 1. The van der Waals surface area contributed by atoms with Gasteiger partial charge in [-0.2, -0.15) is 0 Å². The van der Waals surface area contributed by atoms with Crippen LogP contribution in [-0.2, 0) is 10.4 Å². The molecule has 5 heteroatoms. The molecular weight excluding hydrogens is 254 g/mol. The van der Waals surface area contributed by atoms with Crippen LogP contribution < -0.4 is 0 Å². The molecule has 0 aliphatic carbocycles. The number of hydrogen-bond acceptors (Lipinski definition) is 2. The second kappa shape index (κ2) is 5.25. The number of halogens is 2. The monoisotopic (exact) mass is 272 g/mol. The minimum atomic E-state index is -1.99. The lowest BCUT2D eigenvalue weighted by molar-refractivity contribution is -0.155. The van der Waals surface area contributed by atoms with Crippen molar-refractivity contribution in [3.63, 3.8) is 0 Å². The summed E-state index contributed by atoms with van der Waals surface area (Å²) < 4.78 is 27.4. The van der Waals surface area contributed by atoms with Crippen molar-refractivity contribution in [1.82, 2.24) is 0 Å². The molecule has 0 bridgehead atoms. The van der Waals surface area contributed by atoms with E-state index in [2.05, 4.69) is 0 Å². The lowest BCUT2D eigenvalue weighted by atomic mass is 9.76. The van der Waals surface area contributed by atoms with E-state index in [1.54, 1.807) is 13.8 Å². The molecule has 0 aliphatic heterocycles. The normalized spacial score (nSPS) is 16.2. The molecule has 0 spiro atoms. The molecule has 0 fully saturated rings. The predicted molar refractivity (Wildman–Crippen MR) is 66.6 cm³/mol. The number of hydrogen-bond donors (Lipinski definition) is 2. The number of aliphatic hydroxyl groups is 1. The molecule has 1 aromatic carbocycles.